The van der Waals surface area contributed by atoms with Gasteiger partial charge in [0.15, 0.2) is 0 Å². The maximum Gasteiger partial charge on any atom is 0.339 e. The van der Waals surface area contributed by atoms with Crippen LogP contribution in [0.5, 0.6) is 0 Å². The maximum absolute atomic E-state index is 13.0. The Bertz CT molecular complexity index is 1970. The molecule has 52 heavy (non-hydrogen) atoms. The van der Waals surface area contributed by atoms with Gasteiger partial charge in [0.1, 0.15) is 42.8 Å². The van der Waals surface area contributed by atoms with Crippen molar-refractivity contribution in [1.82, 2.24) is 4.57 Å². The van der Waals surface area contributed by atoms with Crippen LogP contribution < -0.4 is 21.5 Å². The molecule has 1 N–H and O–H groups in total. The highest BCUT2D eigenvalue weighted by Crippen LogP contribution is 2.28. The monoisotopic (exact) mass is 766 g/mol. The van der Waals surface area contributed by atoms with Crippen molar-refractivity contribution in [3.05, 3.63) is 137 Å². The number of aliphatic hydroxyl groups is 1. The predicted octanol–water partition coefficient (Wildman–Crippen LogP) is 5.96. The zero-order valence-electron chi connectivity index (χ0n) is 31.4. The van der Waals surface area contributed by atoms with E-state index in [1.807, 2.05) is 102 Å². The van der Waals surface area contributed by atoms with Crippen LogP contribution in [0.4, 0.5) is 0 Å². The van der Waals surface area contributed by atoms with Crippen molar-refractivity contribution in [2.24, 2.45) is 0 Å². The van der Waals surface area contributed by atoms with Crippen molar-refractivity contribution in [2.45, 2.75) is 98.6 Å². The van der Waals surface area contributed by atoms with E-state index in [2.05, 4.69) is 46.5 Å². The summed E-state index contributed by atoms with van der Waals surface area (Å²) >= 11 is 0. The number of esters is 2. The third-order valence-corrected chi connectivity index (χ3v) is 8.54. The Balaban J connectivity index is 0.00000605. The fourth-order valence-electron chi connectivity index (χ4n) is 6.16. The Hall–Kier alpha value is -4.53. The van der Waals surface area contributed by atoms with Gasteiger partial charge in [-0.25, -0.2) is 18.7 Å². The molecule has 0 saturated heterocycles. The van der Waals surface area contributed by atoms with Crippen molar-refractivity contribution in [3.63, 3.8) is 0 Å². The van der Waals surface area contributed by atoms with Crippen LogP contribution in [-0.2, 0) is 35.6 Å². The highest BCUT2D eigenvalue weighted by Gasteiger charge is 2.25. The molecule has 0 saturated carbocycles. The zero-order valence-corrected chi connectivity index (χ0v) is 33.0. The van der Waals surface area contributed by atoms with Gasteiger partial charge in [-0.2, -0.15) is 0 Å². The summed E-state index contributed by atoms with van der Waals surface area (Å²) in [4.78, 5) is 25.9. The minimum absolute atomic E-state index is 0. The molecule has 0 bridgehead atoms. The lowest BCUT2D eigenvalue weighted by Gasteiger charge is -2.20. The fourth-order valence-corrected chi connectivity index (χ4v) is 6.16. The van der Waals surface area contributed by atoms with Crippen LogP contribution in [0.25, 0.3) is 22.3 Å². The van der Waals surface area contributed by atoms with E-state index < -0.39 is 11.2 Å². The molecular weight excluding hydrogens is 716 g/mol. The fraction of sp³-hybridized carbons (Fsp3) is 0.341. The van der Waals surface area contributed by atoms with Gasteiger partial charge in [0, 0.05) is 6.42 Å². The summed E-state index contributed by atoms with van der Waals surface area (Å²) < 4.78 is 15.7. The summed E-state index contributed by atoms with van der Waals surface area (Å²) in [6.45, 7) is 14.5. The number of imidazole rings is 1. The predicted molar refractivity (Wildman–Crippen MR) is 201 cm³/mol. The van der Waals surface area contributed by atoms with Gasteiger partial charge in [-0.05, 0) is 93.5 Å². The molecule has 0 amide bonds. The quantitative estimate of drug-likeness (QED) is 0.125. The van der Waals surface area contributed by atoms with Gasteiger partial charge in [0.05, 0.1) is 11.1 Å². The molecule has 8 heteroatoms. The number of carbonyl (C=O) groups is 2. The van der Waals surface area contributed by atoms with E-state index >= 15 is 0 Å². The van der Waals surface area contributed by atoms with Crippen molar-refractivity contribution in [1.29, 1.82) is 0 Å². The van der Waals surface area contributed by atoms with E-state index in [4.69, 9.17) is 9.47 Å². The van der Waals surface area contributed by atoms with Crippen LogP contribution in [0, 0.1) is 0 Å². The second-order valence-electron chi connectivity index (χ2n) is 15.0. The molecule has 7 nitrogen and oxygen atoms in total. The first-order chi connectivity index (χ1) is 24.3. The van der Waals surface area contributed by atoms with Crippen LogP contribution in [-0.4, -0.2) is 32.8 Å². The molecule has 4 aromatic carbocycles. The van der Waals surface area contributed by atoms with E-state index in [1.54, 1.807) is 12.1 Å². The summed E-state index contributed by atoms with van der Waals surface area (Å²) in [6.07, 6.45) is 5.18. The number of rotatable bonds is 12. The number of carbonyl (C=O) groups excluding carboxylic acids is 2. The van der Waals surface area contributed by atoms with Crippen LogP contribution in [0.3, 0.4) is 0 Å². The molecule has 0 spiro atoms. The lowest BCUT2D eigenvalue weighted by Crippen LogP contribution is -3.00. The first-order valence-electron chi connectivity index (χ1n) is 17.8. The number of halogens is 1. The first-order valence-corrected chi connectivity index (χ1v) is 17.8. The van der Waals surface area contributed by atoms with Gasteiger partial charge in [-0.1, -0.05) is 98.3 Å². The van der Waals surface area contributed by atoms with Gasteiger partial charge in [-0.15, -0.1) is 0 Å². The molecule has 1 heterocycles. The molecule has 0 aliphatic heterocycles. The smallest absolute Gasteiger partial charge is 0.339 e. The summed E-state index contributed by atoms with van der Waals surface area (Å²) in [5, 5.41) is 10.7. The standard InChI is InChI=1S/C44H51N2O5.BrH/c1-8-9-14-35-29-45(27-31-19-23-33(24-20-31)36-15-10-12-17-38(36)41(48)50-43(2,3)4)40(30-47)46(35)28-32-21-25-34(26-22-32)37-16-11-13-18-39(37)42(49)51-44(5,6)7;/h10-13,15-26,29,47H,8-9,14,27-28,30H2,1-7H3;1H/q+1;/p-1. The summed E-state index contributed by atoms with van der Waals surface area (Å²) in [7, 11) is 0. The second kappa shape index (κ2) is 17.3. The van der Waals surface area contributed by atoms with E-state index in [9.17, 15) is 14.7 Å². The molecule has 0 aliphatic carbocycles. The molecule has 1 aromatic heterocycles. The average molecular weight is 768 g/mol. The number of aliphatic hydroxyl groups excluding tert-OH is 1. The number of unbranched alkanes of at least 4 members (excludes halogenated alkanes) is 1. The summed E-state index contributed by atoms with van der Waals surface area (Å²) in [5.74, 6) is 0.152. The summed E-state index contributed by atoms with van der Waals surface area (Å²) in [5.41, 5.74) is 6.79. The van der Waals surface area contributed by atoms with Gasteiger partial charge < -0.3 is 31.6 Å². The lowest BCUT2D eigenvalue weighted by molar-refractivity contribution is -0.697. The molecule has 5 rings (SSSR count). The zero-order chi connectivity index (χ0) is 36.8. The first kappa shape index (κ1) is 40.2. The second-order valence-corrected chi connectivity index (χ2v) is 15.0. The van der Waals surface area contributed by atoms with Gasteiger partial charge in [0.2, 0.25) is 0 Å². The molecule has 0 radical (unpaired) electrons. The van der Waals surface area contributed by atoms with Crippen molar-refractivity contribution in [2.75, 3.05) is 0 Å². The number of hydrogen-bond acceptors (Lipinski definition) is 5. The minimum atomic E-state index is -0.583. The average Bonchev–Trinajstić information content (AvgIpc) is 3.41. The topological polar surface area (TPSA) is 81.6 Å². The Morgan fingerprint density at radius 2 is 1.15 bits per heavy atom. The highest BCUT2D eigenvalue weighted by atomic mass is 79.9. The number of ether oxygens (including phenoxy) is 2. The third-order valence-electron chi connectivity index (χ3n) is 8.54. The Kier molecular flexibility index (Phi) is 13.4. The van der Waals surface area contributed by atoms with Crippen LogP contribution >= 0.6 is 0 Å². The van der Waals surface area contributed by atoms with Crippen LogP contribution in [0.2, 0.25) is 0 Å². The highest BCUT2D eigenvalue weighted by molar-refractivity contribution is 5.98. The normalized spacial score (nSPS) is 11.5. The number of nitrogens with zero attached hydrogens (tertiary/aromatic N) is 2. The van der Waals surface area contributed by atoms with E-state index in [1.165, 1.54) is 5.69 Å². The van der Waals surface area contributed by atoms with Gasteiger partial charge >= 0.3 is 11.9 Å². The molecule has 0 aliphatic rings. The van der Waals surface area contributed by atoms with E-state index in [0.717, 1.165) is 58.5 Å². The third kappa shape index (κ3) is 10.3. The van der Waals surface area contributed by atoms with E-state index in [0.29, 0.717) is 24.2 Å². The molecule has 0 atom stereocenters. The SMILES string of the molecule is CCCCc1c[n+](Cc2ccc(-c3ccccc3C(=O)OC(C)(C)C)cc2)c(CO)n1Cc1ccc(-c2ccccc2C(=O)OC(C)(C)C)cc1.[Br-]. The molecule has 0 unspecified atom stereocenters. The Labute approximate surface area is 319 Å². The number of benzene rings is 4. The number of hydrogen-bond donors (Lipinski definition) is 1. The summed E-state index contributed by atoms with van der Waals surface area (Å²) in [6, 6.07) is 31.6. The molecule has 5 aromatic rings. The molecular formula is C44H51BrN2O5. The maximum atomic E-state index is 13.0. The van der Waals surface area contributed by atoms with E-state index in [-0.39, 0.29) is 35.5 Å². The van der Waals surface area contributed by atoms with Crippen LogP contribution in [0.15, 0.2) is 103 Å². The van der Waals surface area contributed by atoms with Gasteiger partial charge in [-0.3, -0.25) is 0 Å². The lowest BCUT2D eigenvalue weighted by atomic mass is 9.98. The van der Waals surface area contributed by atoms with Crippen molar-refractivity contribution in [3.8, 4) is 22.3 Å². The van der Waals surface area contributed by atoms with Crippen molar-refractivity contribution >= 4 is 11.9 Å². The van der Waals surface area contributed by atoms with Crippen molar-refractivity contribution < 1.29 is 45.7 Å². The number of aryl methyl sites for hydroxylation is 1. The minimum Gasteiger partial charge on any atom is -1.00 e. The number of aromatic nitrogens is 2. The Morgan fingerprint density at radius 1 is 0.692 bits per heavy atom. The van der Waals surface area contributed by atoms with Gasteiger partial charge in [0.25, 0.3) is 5.82 Å². The largest absolute Gasteiger partial charge is 1.00 e. The molecule has 0 fully saturated rings. The molecule has 274 valence electrons. The van der Waals surface area contributed by atoms with Crippen LogP contribution in [0.1, 0.15) is 105 Å². The Morgan fingerprint density at radius 3 is 1.60 bits per heavy atom.